The highest BCUT2D eigenvalue weighted by Gasteiger charge is 2.26. The van der Waals surface area contributed by atoms with Gasteiger partial charge in [-0.3, -0.25) is 0 Å². The molecule has 30 heavy (non-hydrogen) atoms. The molecule has 1 N–H and O–H groups in total. The number of nitrogens with zero attached hydrogens (tertiary/aromatic N) is 6. The van der Waals surface area contributed by atoms with E-state index in [1.165, 1.54) is 5.56 Å². The molecule has 0 spiro atoms. The van der Waals surface area contributed by atoms with Crippen molar-refractivity contribution in [2.45, 2.75) is 34.1 Å². The zero-order valence-electron chi connectivity index (χ0n) is 18.1. The summed E-state index contributed by atoms with van der Waals surface area (Å²) in [6.45, 7) is 11.5. The Hall–Kier alpha value is -3.16. The van der Waals surface area contributed by atoms with E-state index in [-0.39, 0.29) is 6.03 Å². The summed E-state index contributed by atoms with van der Waals surface area (Å²) in [5.74, 6) is 1.72. The van der Waals surface area contributed by atoms with Gasteiger partial charge in [0.15, 0.2) is 5.65 Å². The van der Waals surface area contributed by atoms with Crippen molar-refractivity contribution in [1.29, 1.82) is 0 Å². The molecule has 0 aliphatic carbocycles. The fourth-order valence-corrected chi connectivity index (χ4v) is 3.84. The van der Waals surface area contributed by atoms with Crippen molar-refractivity contribution in [2.24, 2.45) is 0 Å². The Labute approximate surface area is 176 Å². The van der Waals surface area contributed by atoms with Crippen LogP contribution < -0.4 is 10.2 Å². The Kier molecular flexibility index (Phi) is 5.57. The van der Waals surface area contributed by atoms with Gasteiger partial charge in [-0.1, -0.05) is 24.6 Å². The molecule has 1 aliphatic heterocycles. The number of rotatable bonds is 4. The van der Waals surface area contributed by atoms with Crippen molar-refractivity contribution in [2.75, 3.05) is 37.6 Å². The summed E-state index contributed by atoms with van der Waals surface area (Å²) in [6.07, 6.45) is 0.750. The first-order valence-corrected chi connectivity index (χ1v) is 10.6. The zero-order valence-corrected chi connectivity index (χ0v) is 18.1. The number of carbonyl (C=O) groups excluding carboxylic acids is 1. The molecule has 0 bridgehead atoms. The first-order valence-electron chi connectivity index (χ1n) is 10.6. The highest BCUT2D eigenvalue weighted by atomic mass is 16.2. The molecule has 3 heterocycles. The number of carbonyl (C=O) groups is 1. The van der Waals surface area contributed by atoms with Crippen molar-refractivity contribution in [3.05, 3.63) is 41.3 Å². The lowest BCUT2D eigenvalue weighted by molar-refractivity contribution is 0.195. The summed E-state index contributed by atoms with van der Waals surface area (Å²) in [5.41, 5.74) is 3.95. The first-order chi connectivity index (χ1) is 14.5. The van der Waals surface area contributed by atoms with Gasteiger partial charge in [-0.05, 0) is 32.9 Å². The highest BCUT2D eigenvalue weighted by Crippen LogP contribution is 2.29. The van der Waals surface area contributed by atoms with Crippen LogP contribution in [0.2, 0.25) is 0 Å². The lowest BCUT2D eigenvalue weighted by Crippen LogP contribution is -2.52. The third kappa shape index (κ3) is 3.69. The normalized spacial score (nSPS) is 14.4. The molecule has 2 amide bonds. The summed E-state index contributed by atoms with van der Waals surface area (Å²) in [6, 6.07) is 8.31. The van der Waals surface area contributed by atoms with Crippen LogP contribution in [0.3, 0.4) is 0 Å². The average molecular weight is 408 g/mol. The Morgan fingerprint density at radius 3 is 2.37 bits per heavy atom. The van der Waals surface area contributed by atoms with Gasteiger partial charge in [0.25, 0.3) is 0 Å². The van der Waals surface area contributed by atoms with Crippen LogP contribution in [0.1, 0.15) is 30.9 Å². The monoisotopic (exact) mass is 407 g/mol. The molecule has 158 valence electrons. The Balaban J connectivity index is 1.72. The first kappa shape index (κ1) is 20.1. The summed E-state index contributed by atoms with van der Waals surface area (Å²) >= 11 is 0. The number of hydrogen-bond donors (Lipinski definition) is 1. The molecule has 0 radical (unpaired) electrons. The topological polar surface area (TPSA) is 79.2 Å². The van der Waals surface area contributed by atoms with Crippen LogP contribution in [-0.2, 0) is 6.42 Å². The van der Waals surface area contributed by atoms with Crippen molar-refractivity contribution in [3.8, 4) is 5.69 Å². The van der Waals surface area contributed by atoms with Gasteiger partial charge in [-0.15, -0.1) is 0 Å². The van der Waals surface area contributed by atoms with Crippen LogP contribution in [0.4, 0.5) is 10.6 Å². The number of urea groups is 1. The maximum absolute atomic E-state index is 12.1. The van der Waals surface area contributed by atoms with E-state index < -0.39 is 0 Å². The predicted octanol–water partition coefficient (Wildman–Crippen LogP) is 2.85. The Morgan fingerprint density at radius 1 is 1.03 bits per heavy atom. The molecule has 3 aromatic rings. The lowest BCUT2D eigenvalue weighted by atomic mass is 10.2. The van der Waals surface area contributed by atoms with Crippen LogP contribution in [0.5, 0.6) is 0 Å². The Morgan fingerprint density at radius 2 is 1.73 bits per heavy atom. The number of benzene rings is 1. The van der Waals surface area contributed by atoms with E-state index in [9.17, 15) is 4.79 Å². The van der Waals surface area contributed by atoms with E-state index in [0.717, 1.165) is 53.6 Å². The van der Waals surface area contributed by atoms with Crippen LogP contribution >= 0.6 is 0 Å². The molecule has 1 fully saturated rings. The fourth-order valence-electron chi connectivity index (χ4n) is 3.84. The SMILES string of the molecule is CCNC(=O)N1CCN(c2nc(CC)nc3c2c(C)nn3-c2ccc(C)cc2)CC1. The summed E-state index contributed by atoms with van der Waals surface area (Å²) in [5, 5.41) is 8.67. The number of amides is 2. The molecule has 0 unspecified atom stereocenters. The lowest BCUT2D eigenvalue weighted by Gasteiger charge is -2.35. The zero-order chi connectivity index (χ0) is 21.3. The molecule has 8 nitrogen and oxygen atoms in total. The maximum Gasteiger partial charge on any atom is 0.317 e. The van der Waals surface area contributed by atoms with Crippen LogP contribution in [-0.4, -0.2) is 63.4 Å². The van der Waals surface area contributed by atoms with Crippen molar-refractivity contribution >= 4 is 22.9 Å². The second-order valence-corrected chi connectivity index (χ2v) is 7.66. The van der Waals surface area contributed by atoms with Crippen LogP contribution in [0.15, 0.2) is 24.3 Å². The molecular weight excluding hydrogens is 378 g/mol. The number of aromatic nitrogens is 4. The number of fused-ring (bicyclic) bond motifs is 1. The van der Waals surface area contributed by atoms with E-state index in [4.69, 9.17) is 15.1 Å². The van der Waals surface area contributed by atoms with Crippen molar-refractivity contribution in [1.82, 2.24) is 30.0 Å². The van der Waals surface area contributed by atoms with Gasteiger partial charge in [0.2, 0.25) is 0 Å². The summed E-state index contributed by atoms with van der Waals surface area (Å²) in [4.78, 5) is 26.0. The average Bonchev–Trinajstić information content (AvgIpc) is 3.10. The number of hydrogen-bond acceptors (Lipinski definition) is 5. The van der Waals surface area contributed by atoms with Crippen molar-refractivity contribution in [3.63, 3.8) is 0 Å². The molecule has 1 aliphatic rings. The predicted molar refractivity (Wildman–Crippen MR) is 118 cm³/mol. The number of aryl methyl sites for hydroxylation is 3. The third-order valence-electron chi connectivity index (χ3n) is 5.52. The molecule has 2 aromatic heterocycles. The minimum absolute atomic E-state index is 0.00241. The Bertz CT molecular complexity index is 1050. The molecule has 1 aromatic carbocycles. The van der Waals surface area contributed by atoms with E-state index in [2.05, 4.69) is 48.3 Å². The van der Waals surface area contributed by atoms with Crippen LogP contribution in [0.25, 0.3) is 16.7 Å². The van der Waals surface area contributed by atoms with Gasteiger partial charge in [0.1, 0.15) is 11.6 Å². The van der Waals surface area contributed by atoms with E-state index in [0.29, 0.717) is 19.6 Å². The third-order valence-corrected chi connectivity index (χ3v) is 5.52. The number of piperazine rings is 1. The van der Waals surface area contributed by atoms with Crippen molar-refractivity contribution < 1.29 is 4.79 Å². The van der Waals surface area contributed by atoms with E-state index in [1.54, 1.807) is 0 Å². The maximum atomic E-state index is 12.1. The summed E-state index contributed by atoms with van der Waals surface area (Å²) < 4.78 is 1.92. The van der Waals surface area contributed by atoms with E-state index in [1.807, 2.05) is 23.4 Å². The van der Waals surface area contributed by atoms with E-state index >= 15 is 0 Å². The molecule has 0 saturated carbocycles. The minimum Gasteiger partial charge on any atom is -0.352 e. The smallest absolute Gasteiger partial charge is 0.317 e. The standard InChI is InChI=1S/C22H29N7O/c1-5-18-24-20(27-11-13-28(14-12-27)22(30)23-6-2)19-16(4)26-29(21(19)25-18)17-9-7-15(3)8-10-17/h7-10H,5-6,11-14H2,1-4H3,(H,23,30). The quantitative estimate of drug-likeness (QED) is 0.719. The van der Waals surface area contributed by atoms with Gasteiger partial charge in [-0.2, -0.15) is 5.10 Å². The van der Waals surface area contributed by atoms with Gasteiger partial charge >= 0.3 is 6.03 Å². The number of anilines is 1. The molecule has 4 rings (SSSR count). The van der Waals surface area contributed by atoms with Gasteiger partial charge < -0.3 is 15.1 Å². The second kappa shape index (κ2) is 8.30. The molecule has 0 atom stereocenters. The molecule has 1 saturated heterocycles. The fraction of sp³-hybridized carbons (Fsp3) is 0.455. The minimum atomic E-state index is 0.00241. The molecule has 8 heteroatoms. The molecular formula is C22H29N7O. The largest absolute Gasteiger partial charge is 0.352 e. The van der Waals surface area contributed by atoms with Gasteiger partial charge in [0.05, 0.1) is 16.8 Å². The van der Waals surface area contributed by atoms with Gasteiger partial charge in [-0.25, -0.2) is 19.4 Å². The second-order valence-electron chi connectivity index (χ2n) is 7.66. The van der Waals surface area contributed by atoms with Gasteiger partial charge in [0, 0.05) is 39.1 Å². The summed E-state index contributed by atoms with van der Waals surface area (Å²) in [7, 11) is 0. The van der Waals surface area contributed by atoms with Crippen LogP contribution in [0, 0.1) is 13.8 Å². The highest BCUT2D eigenvalue weighted by molar-refractivity contribution is 5.91. The number of nitrogens with one attached hydrogen (secondary N) is 1.